The van der Waals surface area contributed by atoms with Gasteiger partial charge in [0, 0.05) is 18.2 Å². The second-order valence-corrected chi connectivity index (χ2v) is 10.1. The van der Waals surface area contributed by atoms with Crippen molar-refractivity contribution in [1.29, 1.82) is 0 Å². The Morgan fingerprint density at radius 2 is 1.84 bits per heavy atom. The van der Waals surface area contributed by atoms with Gasteiger partial charge in [-0.15, -0.1) is 0 Å². The fourth-order valence-electron chi connectivity index (χ4n) is 4.72. The van der Waals surface area contributed by atoms with Crippen LogP contribution >= 0.6 is 0 Å². The second-order valence-electron chi connectivity index (χ2n) is 8.43. The van der Waals surface area contributed by atoms with Crippen LogP contribution in [-0.2, 0) is 10.0 Å². The number of nitrogens with one attached hydrogen (secondary N) is 2. The number of carbonyl (C=O) groups excluding carboxylic acids is 1. The molecule has 1 atom stereocenters. The topological polar surface area (TPSA) is 95.2 Å². The Hall–Kier alpha value is -2.71. The molecule has 2 N–H and O–H groups in total. The zero-order valence-corrected chi connectivity index (χ0v) is 18.1. The number of para-hydroxylation sites is 2. The number of likely N-dealkylation sites (tertiary alicyclic amines) is 1. The van der Waals surface area contributed by atoms with Gasteiger partial charge in [-0.1, -0.05) is 31.0 Å². The SMILES string of the molecule is O=C(c1cccc(S(=O)(=O)NC2CCCC2)c1)N1CCC[C@H]1c1nc2ccccc2[nH]1. The van der Waals surface area contributed by atoms with Crippen molar-refractivity contribution in [3.05, 3.63) is 59.9 Å². The van der Waals surface area contributed by atoms with Crippen LogP contribution in [0, 0.1) is 0 Å². The Morgan fingerprint density at radius 3 is 2.65 bits per heavy atom. The van der Waals surface area contributed by atoms with Crippen LogP contribution in [0.5, 0.6) is 0 Å². The number of aromatic amines is 1. The van der Waals surface area contributed by atoms with Gasteiger partial charge in [0.1, 0.15) is 5.82 Å². The minimum absolute atomic E-state index is 0.0135. The molecule has 1 aliphatic carbocycles. The third kappa shape index (κ3) is 3.97. The van der Waals surface area contributed by atoms with Gasteiger partial charge in [-0.2, -0.15) is 0 Å². The van der Waals surface area contributed by atoms with Gasteiger partial charge in [-0.05, 0) is 56.0 Å². The van der Waals surface area contributed by atoms with Crippen LogP contribution in [0.3, 0.4) is 0 Å². The van der Waals surface area contributed by atoms with E-state index in [0.717, 1.165) is 55.4 Å². The van der Waals surface area contributed by atoms with Gasteiger partial charge in [0.15, 0.2) is 0 Å². The number of benzene rings is 2. The van der Waals surface area contributed by atoms with Gasteiger partial charge >= 0.3 is 0 Å². The molecule has 2 heterocycles. The van der Waals surface area contributed by atoms with E-state index in [1.807, 2.05) is 24.3 Å². The standard InChI is InChI=1S/C23H26N4O3S/c28-23(16-7-5-10-18(15-16)31(29,30)26-17-8-1-2-9-17)27-14-6-13-21(27)22-24-19-11-3-4-12-20(19)25-22/h3-5,7,10-12,15,17,21,26H,1-2,6,8-9,13-14H2,(H,24,25)/t21-/m0/s1. The van der Waals surface area contributed by atoms with Crippen LogP contribution in [0.2, 0.25) is 0 Å². The fraction of sp³-hybridized carbons (Fsp3) is 0.391. The molecule has 1 amide bonds. The lowest BCUT2D eigenvalue weighted by Gasteiger charge is -2.23. The first-order valence-electron chi connectivity index (χ1n) is 10.9. The third-order valence-corrected chi connectivity index (χ3v) is 7.82. The molecule has 1 saturated carbocycles. The Bertz CT molecular complexity index is 1180. The minimum Gasteiger partial charge on any atom is -0.340 e. The summed E-state index contributed by atoms with van der Waals surface area (Å²) in [7, 11) is -3.65. The first kappa shape index (κ1) is 20.2. The first-order valence-corrected chi connectivity index (χ1v) is 12.4. The van der Waals surface area contributed by atoms with Crippen LogP contribution in [-0.4, -0.2) is 41.8 Å². The van der Waals surface area contributed by atoms with E-state index in [0.29, 0.717) is 12.1 Å². The zero-order valence-electron chi connectivity index (χ0n) is 17.3. The van der Waals surface area contributed by atoms with Gasteiger partial charge in [-0.3, -0.25) is 4.79 Å². The summed E-state index contributed by atoms with van der Waals surface area (Å²) in [5.74, 6) is 0.611. The van der Waals surface area contributed by atoms with E-state index >= 15 is 0 Å². The number of rotatable bonds is 5. The maximum absolute atomic E-state index is 13.3. The van der Waals surface area contributed by atoms with Crippen molar-refractivity contribution in [2.24, 2.45) is 0 Å². The molecule has 0 spiro atoms. The summed E-state index contributed by atoms with van der Waals surface area (Å²) >= 11 is 0. The van der Waals surface area contributed by atoms with Crippen molar-refractivity contribution in [3.63, 3.8) is 0 Å². The average Bonchev–Trinajstić information content (AvgIpc) is 3.52. The molecule has 1 aromatic heterocycles. The summed E-state index contributed by atoms with van der Waals surface area (Å²) in [5.41, 5.74) is 2.21. The summed E-state index contributed by atoms with van der Waals surface area (Å²) in [6.07, 6.45) is 5.53. The number of hydrogen-bond acceptors (Lipinski definition) is 4. The van der Waals surface area contributed by atoms with Gasteiger partial charge in [0.05, 0.1) is 22.0 Å². The van der Waals surface area contributed by atoms with E-state index in [4.69, 9.17) is 0 Å². The van der Waals surface area contributed by atoms with E-state index in [1.54, 1.807) is 23.1 Å². The molecule has 3 aromatic rings. The van der Waals surface area contributed by atoms with Gasteiger partial charge in [-0.25, -0.2) is 18.1 Å². The average molecular weight is 439 g/mol. The van der Waals surface area contributed by atoms with Crippen molar-refractivity contribution in [3.8, 4) is 0 Å². The summed E-state index contributed by atoms with van der Waals surface area (Å²) < 4.78 is 28.4. The zero-order chi connectivity index (χ0) is 21.4. The smallest absolute Gasteiger partial charge is 0.254 e. The normalized spacial score (nSPS) is 20.0. The van der Waals surface area contributed by atoms with Crippen molar-refractivity contribution >= 4 is 27.0 Å². The molecule has 0 unspecified atom stereocenters. The highest BCUT2D eigenvalue weighted by Gasteiger charge is 2.33. The Morgan fingerprint density at radius 1 is 1.03 bits per heavy atom. The molecule has 162 valence electrons. The van der Waals surface area contributed by atoms with Crippen molar-refractivity contribution in [1.82, 2.24) is 19.6 Å². The number of fused-ring (bicyclic) bond motifs is 1. The van der Waals surface area contributed by atoms with Gasteiger partial charge < -0.3 is 9.88 Å². The molecule has 2 aliphatic rings. The number of carbonyl (C=O) groups is 1. The quantitative estimate of drug-likeness (QED) is 0.634. The monoisotopic (exact) mass is 438 g/mol. The van der Waals surface area contributed by atoms with Crippen molar-refractivity contribution in [2.75, 3.05) is 6.54 Å². The van der Waals surface area contributed by atoms with Gasteiger partial charge in [0.25, 0.3) is 5.91 Å². The maximum Gasteiger partial charge on any atom is 0.254 e. The van der Waals surface area contributed by atoms with Crippen LogP contribution < -0.4 is 4.72 Å². The predicted molar refractivity (Wildman–Crippen MR) is 118 cm³/mol. The van der Waals surface area contributed by atoms with Crippen molar-refractivity contribution in [2.45, 2.75) is 55.5 Å². The molecule has 8 heteroatoms. The molecule has 0 radical (unpaired) electrons. The van der Waals surface area contributed by atoms with Crippen LogP contribution in [0.25, 0.3) is 11.0 Å². The van der Waals surface area contributed by atoms with Crippen LogP contribution in [0.1, 0.15) is 60.7 Å². The highest BCUT2D eigenvalue weighted by Crippen LogP contribution is 2.33. The highest BCUT2D eigenvalue weighted by atomic mass is 32.2. The molecule has 5 rings (SSSR count). The molecular formula is C23H26N4O3S. The lowest BCUT2D eigenvalue weighted by atomic mass is 10.1. The summed E-state index contributed by atoms with van der Waals surface area (Å²) in [6.45, 7) is 0.623. The first-order chi connectivity index (χ1) is 15.0. The summed E-state index contributed by atoms with van der Waals surface area (Å²) in [5, 5.41) is 0. The minimum atomic E-state index is -3.65. The summed E-state index contributed by atoms with van der Waals surface area (Å²) in [4.78, 5) is 23.3. The third-order valence-electron chi connectivity index (χ3n) is 6.31. The Kier molecular flexibility index (Phi) is 5.27. The molecule has 31 heavy (non-hydrogen) atoms. The van der Waals surface area contributed by atoms with E-state index in [2.05, 4.69) is 14.7 Å². The Labute approximate surface area is 181 Å². The van der Waals surface area contributed by atoms with Crippen LogP contribution in [0.15, 0.2) is 53.4 Å². The number of nitrogens with zero attached hydrogens (tertiary/aromatic N) is 2. The van der Waals surface area contributed by atoms with E-state index in [-0.39, 0.29) is 22.9 Å². The van der Waals surface area contributed by atoms with E-state index in [9.17, 15) is 13.2 Å². The lowest BCUT2D eigenvalue weighted by Crippen LogP contribution is -2.33. The second kappa shape index (κ2) is 8.09. The fourth-order valence-corrected chi connectivity index (χ4v) is 6.07. The molecule has 2 fully saturated rings. The number of imidazole rings is 1. The molecule has 0 bridgehead atoms. The van der Waals surface area contributed by atoms with E-state index < -0.39 is 10.0 Å². The maximum atomic E-state index is 13.3. The van der Waals surface area contributed by atoms with E-state index in [1.165, 1.54) is 6.07 Å². The predicted octanol–water partition coefficient (Wildman–Crippen LogP) is 3.76. The Balaban J connectivity index is 1.39. The van der Waals surface area contributed by atoms with Crippen LogP contribution in [0.4, 0.5) is 0 Å². The molecule has 2 aromatic carbocycles. The van der Waals surface area contributed by atoms with Crippen molar-refractivity contribution < 1.29 is 13.2 Å². The molecule has 1 aliphatic heterocycles. The number of H-pyrrole nitrogens is 1. The number of sulfonamides is 1. The lowest BCUT2D eigenvalue weighted by molar-refractivity contribution is 0.0730. The number of hydrogen-bond donors (Lipinski definition) is 2. The molecular weight excluding hydrogens is 412 g/mol. The number of aromatic nitrogens is 2. The largest absolute Gasteiger partial charge is 0.340 e. The van der Waals surface area contributed by atoms with Gasteiger partial charge in [0.2, 0.25) is 10.0 Å². The highest BCUT2D eigenvalue weighted by molar-refractivity contribution is 7.89. The molecule has 7 nitrogen and oxygen atoms in total. The molecule has 1 saturated heterocycles. The summed E-state index contributed by atoms with van der Waals surface area (Å²) in [6, 6.07) is 14.0. The number of amides is 1.